The van der Waals surface area contributed by atoms with Crippen LogP contribution in [-0.4, -0.2) is 32.3 Å². The van der Waals surface area contributed by atoms with E-state index in [-0.39, 0.29) is 18.6 Å². The van der Waals surface area contributed by atoms with E-state index in [9.17, 15) is 4.79 Å². The third-order valence-electron chi connectivity index (χ3n) is 4.02. The number of para-hydroxylation sites is 1. The van der Waals surface area contributed by atoms with E-state index in [0.717, 1.165) is 11.3 Å². The van der Waals surface area contributed by atoms with Gasteiger partial charge in [0.25, 0.3) is 0 Å². The molecule has 2 aromatic rings. The fourth-order valence-electron chi connectivity index (χ4n) is 2.42. The van der Waals surface area contributed by atoms with Gasteiger partial charge in [-0.3, -0.25) is 4.79 Å². The van der Waals surface area contributed by atoms with E-state index in [2.05, 4.69) is 31.3 Å². The van der Waals surface area contributed by atoms with Crippen molar-refractivity contribution in [2.45, 2.75) is 25.8 Å². The molecule has 0 heterocycles. The first kappa shape index (κ1) is 19.9. The molecule has 1 atom stereocenters. The van der Waals surface area contributed by atoms with Crippen LogP contribution in [-0.2, 0) is 9.53 Å². The molecule has 0 radical (unpaired) electrons. The summed E-state index contributed by atoms with van der Waals surface area (Å²) in [5, 5.41) is 2.80. The first-order chi connectivity index (χ1) is 12.6. The minimum atomic E-state index is -0.235. The van der Waals surface area contributed by atoms with Crippen LogP contribution in [0.4, 0.5) is 0 Å². The zero-order valence-corrected chi connectivity index (χ0v) is 15.5. The molecule has 2 rings (SSSR count). The average Bonchev–Trinajstić information content (AvgIpc) is 2.66. The quantitative estimate of drug-likeness (QED) is 0.642. The molecule has 3 N–H and O–H groups in total. The van der Waals surface area contributed by atoms with Crippen molar-refractivity contribution in [2.24, 2.45) is 5.73 Å². The summed E-state index contributed by atoms with van der Waals surface area (Å²) in [6.45, 7) is 5.44. The van der Waals surface area contributed by atoms with E-state index in [1.807, 2.05) is 42.5 Å². The molecular weight excluding hydrogens is 328 g/mol. The molecule has 0 aliphatic carbocycles. The van der Waals surface area contributed by atoms with Gasteiger partial charge in [0.2, 0.25) is 5.91 Å². The molecule has 0 aliphatic rings. The lowest BCUT2D eigenvalue weighted by atomic mass is 9.99. The Morgan fingerprint density at radius 2 is 1.65 bits per heavy atom. The lowest BCUT2D eigenvalue weighted by Gasteiger charge is -2.15. The van der Waals surface area contributed by atoms with E-state index in [4.69, 9.17) is 15.2 Å². The van der Waals surface area contributed by atoms with Crippen molar-refractivity contribution in [2.75, 3.05) is 26.4 Å². The van der Waals surface area contributed by atoms with E-state index < -0.39 is 0 Å². The maximum atomic E-state index is 11.8. The van der Waals surface area contributed by atoms with Gasteiger partial charge in [0.1, 0.15) is 19.0 Å². The molecule has 1 amide bonds. The Hall–Kier alpha value is -2.37. The third kappa shape index (κ3) is 6.86. The molecule has 0 spiro atoms. The van der Waals surface area contributed by atoms with E-state index >= 15 is 0 Å². The lowest BCUT2D eigenvalue weighted by Crippen LogP contribution is -2.34. The zero-order chi connectivity index (χ0) is 18.8. The topological polar surface area (TPSA) is 73.6 Å². The van der Waals surface area contributed by atoms with Gasteiger partial charge >= 0.3 is 0 Å². The summed E-state index contributed by atoms with van der Waals surface area (Å²) < 4.78 is 10.8. The summed E-state index contributed by atoms with van der Waals surface area (Å²) >= 11 is 0. The Kier molecular flexibility index (Phi) is 8.12. The normalized spacial score (nSPS) is 12.0. The van der Waals surface area contributed by atoms with Gasteiger partial charge in [-0.05, 0) is 29.2 Å². The number of hydrogen-bond acceptors (Lipinski definition) is 4. The first-order valence-corrected chi connectivity index (χ1v) is 8.94. The van der Waals surface area contributed by atoms with Gasteiger partial charge in [0, 0.05) is 12.6 Å². The molecule has 140 valence electrons. The number of nitrogens with one attached hydrogen (secondary N) is 1. The Balaban J connectivity index is 1.60. The zero-order valence-electron chi connectivity index (χ0n) is 15.5. The minimum absolute atomic E-state index is 0.00282. The highest BCUT2D eigenvalue weighted by molar-refractivity contribution is 5.77. The maximum Gasteiger partial charge on any atom is 0.246 e. The van der Waals surface area contributed by atoms with E-state index in [1.54, 1.807) is 0 Å². The molecule has 0 saturated carbocycles. The second kappa shape index (κ2) is 10.6. The Bertz CT molecular complexity index is 657. The van der Waals surface area contributed by atoms with Crippen LogP contribution in [0.25, 0.3) is 0 Å². The molecule has 0 saturated heterocycles. The van der Waals surface area contributed by atoms with Crippen molar-refractivity contribution < 1.29 is 14.3 Å². The minimum Gasteiger partial charge on any atom is -0.491 e. The van der Waals surface area contributed by atoms with Gasteiger partial charge in [-0.1, -0.05) is 56.3 Å². The third-order valence-corrected chi connectivity index (χ3v) is 4.02. The highest BCUT2D eigenvalue weighted by atomic mass is 16.5. The van der Waals surface area contributed by atoms with Crippen LogP contribution in [0.3, 0.4) is 0 Å². The highest BCUT2D eigenvalue weighted by Gasteiger charge is 2.09. The van der Waals surface area contributed by atoms with Gasteiger partial charge in [-0.15, -0.1) is 0 Å². The van der Waals surface area contributed by atoms with Gasteiger partial charge in [0.15, 0.2) is 0 Å². The Labute approximate surface area is 155 Å². The van der Waals surface area contributed by atoms with Crippen LogP contribution in [0.15, 0.2) is 54.6 Å². The standard InChI is InChI=1S/C21H28N2O3/c1-16(2)17-8-10-18(11-9-17)20(22)14-23-21(24)15-25-12-13-26-19-6-4-3-5-7-19/h3-11,16,20H,12-15,22H2,1-2H3,(H,23,24). The van der Waals surface area contributed by atoms with Crippen molar-refractivity contribution in [1.29, 1.82) is 0 Å². The summed E-state index contributed by atoms with van der Waals surface area (Å²) in [6, 6.07) is 17.5. The van der Waals surface area contributed by atoms with Crippen LogP contribution < -0.4 is 15.8 Å². The Morgan fingerprint density at radius 1 is 1.00 bits per heavy atom. The Morgan fingerprint density at radius 3 is 2.31 bits per heavy atom. The van der Waals surface area contributed by atoms with E-state index in [1.165, 1.54) is 5.56 Å². The smallest absolute Gasteiger partial charge is 0.246 e. The van der Waals surface area contributed by atoms with Crippen LogP contribution in [0.2, 0.25) is 0 Å². The fourth-order valence-corrected chi connectivity index (χ4v) is 2.42. The predicted molar refractivity (Wildman–Crippen MR) is 103 cm³/mol. The van der Waals surface area contributed by atoms with Crippen LogP contribution in [0.1, 0.15) is 36.9 Å². The van der Waals surface area contributed by atoms with Crippen LogP contribution in [0.5, 0.6) is 5.75 Å². The molecule has 2 aromatic carbocycles. The predicted octanol–water partition coefficient (Wildman–Crippen LogP) is 3.02. The molecule has 0 bridgehead atoms. The summed E-state index contributed by atoms with van der Waals surface area (Å²) in [5.41, 5.74) is 8.42. The number of rotatable bonds is 10. The van der Waals surface area contributed by atoms with Gasteiger partial charge in [-0.2, -0.15) is 0 Å². The molecule has 5 nitrogen and oxygen atoms in total. The second-order valence-corrected chi connectivity index (χ2v) is 6.45. The van der Waals surface area contributed by atoms with Crippen LogP contribution in [0, 0.1) is 0 Å². The number of benzene rings is 2. The van der Waals surface area contributed by atoms with Crippen LogP contribution >= 0.6 is 0 Å². The number of carbonyl (C=O) groups is 1. The maximum absolute atomic E-state index is 11.8. The number of amides is 1. The summed E-state index contributed by atoms with van der Waals surface area (Å²) in [4.78, 5) is 11.8. The number of hydrogen-bond donors (Lipinski definition) is 2. The molecule has 5 heteroatoms. The molecule has 1 unspecified atom stereocenters. The van der Waals surface area contributed by atoms with Gasteiger partial charge in [0.05, 0.1) is 6.61 Å². The summed E-state index contributed by atoms with van der Waals surface area (Å²) in [7, 11) is 0. The molecule has 0 aromatic heterocycles. The van der Waals surface area contributed by atoms with E-state index in [0.29, 0.717) is 25.7 Å². The van der Waals surface area contributed by atoms with Gasteiger partial charge in [-0.25, -0.2) is 0 Å². The molecular formula is C21H28N2O3. The largest absolute Gasteiger partial charge is 0.491 e. The number of nitrogens with two attached hydrogens (primary N) is 1. The summed E-state index contributed by atoms with van der Waals surface area (Å²) in [5.74, 6) is 1.09. The summed E-state index contributed by atoms with van der Waals surface area (Å²) in [6.07, 6.45) is 0. The monoisotopic (exact) mass is 356 g/mol. The van der Waals surface area contributed by atoms with Crippen molar-refractivity contribution in [1.82, 2.24) is 5.32 Å². The highest BCUT2D eigenvalue weighted by Crippen LogP contribution is 2.17. The van der Waals surface area contributed by atoms with Crippen molar-refractivity contribution in [3.63, 3.8) is 0 Å². The van der Waals surface area contributed by atoms with Crippen molar-refractivity contribution in [3.8, 4) is 5.75 Å². The molecule has 0 aliphatic heterocycles. The molecule has 0 fully saturated rings. The number of carbonyl (C=O) groups excluding carboxylic acids is 1. The molecule has 26 heavy (non-hydrogen) atoms. The van der Waals surface area contributed by atoms with Crippen molar-refractivity contribution >= 4 is 5.91 Å². The van der Waals surface area contributed by atoms with Gasteiger partial charge < -0.3 is 20.5 Å². The number of ether oxygens (including phenoxy) is 2. The second-order valence-electron chi connectivity index (χ2n) is 6.45. The average molecular weight is 356 g/mol. The fraction of sp³-hybridized carbons (Fsp3) is 0.381. The SMILES string of the molecule is CC(C)c1ccc(C(N)CNC(=O)COCCOc2ccccc2)cc1. The lowest BCUT2D eigenvalue weighted by molar-refractivity contribution is -0.125. The first-order valence-electron chi connectivity index (χ1n) is 8.94. The van der Waals surface area contributed by atoms with Crippen molar-refractivity contribution in [3.05, 3.63) is 65.7 Å².